The van der Waals surface area contributed by atoms with Crippen LogP contribution < -0.4 is 9.47 Å². The summed E-state index contributed by atoms with van der Waals surface area (Å²) in [4.78, 5) is 47.7. The van der Waals surface area contributed by atoms with Crippen molar-refractivity contribution in [2.24, 2.45) is 0 Å². The molecule has 0 heterocycles. The van der Waals surface area contributed by atoms with E-state index < -0.39 is 17.9 Å². The zero-order valence-corrected chi connectivity index (χ0v) is 21.0. The first-order valence-electron chi connectivity index (χ1n) is 11.5. The highest BCUT2D eigenvalue weighted by molar-refractivity contribution is 5.95. The molecule has 3 aromatic rings. The molecule has 194 valence electrons. The van der Waals surface area contributed by atoms with Crippen molar-refractivity contribution in [3.63, 3.8) is 0 Å². The van der Waals surface area contributed by atoms with Crippen molar-refractivity contribution in [2.75, 3.05) is 13.4 Å². The monoisotopic (exact) mass is 514 g/mol. The fourth-order valence-corrected chi connectivity index (χ4v) is 2.97. The molecule has 0 saturated heterocycles. The maximum atomic E-state index is 12.5. The van der Waals surface area contributed by atoms with Gasteiger partial charge in [-0.25, -0.2) is 14.4 Å². The van der Waals surface area contributed by atoms with E-state index in [-0.39, 0.29) is 30.5 Å². The number of ketones is 1. The molecule has 0 atom stereocenters. The molecule has 38 heavy (non-hydrogen) atoms. The maximum absolute atomic E-state index is 12.5. The molecule has 0 amide bonds. The van der Waals surface area contributed by atoms with E-state index in [0.29, 0.717) is 22.5 Å². The van der Waals surface area contributed by atoms with Gasteiger partial charge in [0, 0.05) is 5.57 Å². The third kappa shape index (κ3) is 7.84. The van der Waals surface area contributed by atoms with E-state index in [0.717, 1.165) is 11.1 Å². The van der Waals surface area contributed by atoms with Gasteiger partial charge in [0.15, 0.2) is 12.6 Å². The van der Waals surface area contributed by atoms with Crippen LogP contribution in [0.15, 0.2) is 97.1 Å². The summed E-state index contributed by atoms with van der Waals surface area (Å²) in [5.41, 5.74) is 2.96. The van der Waals surface area contributed by atoms with Gasteiger partial charge >= 0.3 is 17.9 Å². The summed E-state index contributed by atoms with van der Waals surface area (Å²) in [5, 5.41) is 0. The van der Waals surface area contributed by atoms with Gasteiger partial charge in [-0.3, -0.25) is 4.79 Å². The van der Waals surface area contributed by atoms with Crippen molar-refractivity contribution in [1.29, 1.82) is 0 Å². The summed E-state index contributed by atoms with van der Waals surface area (Å²) in [6, 6.07) is 19.6. The molecular weight excluding hydrogens is 488 g/mol. The minimum Gasteiger partial charge on any atom is -0.435 e. The van der Waals surface area contributed by atoms with E-state index in [2.05, 4.69) is 13.2 Å². The van der Waals surface area contributed by atoms with E-state index in [9.17, 15) is 19.2 Å². The van der Waals surface area contributed by atoms with Crippen molar-refractivity contribution in [3.8, 4) is 22.6 Å². The Kier molecular flexibility index (Phi) is 9.45. The lowest BCUT2D eigenvalue weighted by Gasteiger charge is -2.08. The number of carbonyl (C=O) groups excluding carboxylic acids is 4. The van der Waals surface area contributed by atoms with Crippen molar-refractivity contribution in [3.05, 3.63) is 108 Å². The molecule has 0 radical (unpaired) electrons. The molecule has 0 aliphatic rings. The zero-order chi connectivity index (χ0) is 27.7. The summed E-state index contributed by atoms with van der Waals surface area (Å²) >= 11 is 0. The van der Waals surface area contributed by atoms with Gasteiger partial charge in [-0.15, -0.1) is 0 Å². The van der Waals surface area contributed by atoms with E-state index in [1.54, 1.807) is 62.4 Å². The van der Waals surface area contributed by atoms with Gasteiger partial charge in [-0.2, -0.15) is 0 Å². The molecule has 3 rings (SSSR count). The van der Waals surface area contributed by atoms with Crippen LogP contribution in [0.2, 0.25) is 0 Å². The van der Waals surface area contributed by atoms with Crippen LogP contribution >= 0.6 is 0 Å². The minimum atomic E-state index is -0.650. The molecular formula is C30H26O8. The molecule has 0 saturated carbocycles. The second-order valence-electron chi connectivity index (χ2n) is 8.29. The number of hydrogen-bond acceptors (Lipinski definition) is 8. The molecule has 0 unspecified atom stereocenters. The summed E-state index contributed by atoms with van der Waals surface area (Å²) in [5.74, 6) is -1.33. The molecule has 3 aromatic carbocycles. The fraction of sp³-hybridized carbons (Fsp3) is 0.133. The molecule has 0 spiro atoms. The number of hydrogen-bond donors (Lipinski definition) is 0. The van der Waals surface area contributed by atoms with E-state index in [1.807, 2.05) is 0 Å². The average molecular weight is 515 g/mol. The van der Waals surface area contributed by atoms with E-state index >= 15 is 0 Å². The van der Waals surface area contributed by atoms with Crippen LogP contribution in [0.5, 0.6) is 11.5 Å². The van der Waals surface area contributed by atoms with Crippen LogP contribution in [0.3, 0.4) is 0 Å². The molecule has 0 aliphatic carbocycles. The summed E-state index contributed by atoms with van der Waals surface area (Å²) in [6.07, 6.45) is 0. The van der Waals surface area contributed by atoms with Crippen LogP contribution in [0.1, 0.15) is 34.6 Å². The number of benzene rings is 3. The van der Waals surface area contributed by atoms with Crippen molar-refractivity contribution in [2.45, 2.75) is 13.8 Å². The van der Waals surface area contributed by atoms with Crippen molar-refractivity contribution < 1.29 is 38.1 Å². The molecule has 0 fully saturated rings. The quantitative estimate of drug-likeness (QED) is 0.111. The Morgan fingerprint density at radius 3 is 1.66 bits per heavy atom. The Hall–Kier alpha value is -4.82. The van der Waals surface area contributed by atoms with Crippen LogP contribution in [-0.4, -0.2) is 37.1 Å². The van der Waals surface area contributed by atoms with Gasteiger partial charge in [0.2, 0.25) is 0 Å². The Morgan fingerprint density at radius 2 is 1.11 bits per heavy atom. The predicted octanol–water partition coefficient (Wildman–Crippen LogP) is 5.33. The third-order valence-electron chi connectivity index (χ3n) is 5.15. The lowest BCUT2D eigenvalue weighted by atomic mass is 10.0. The topological polar surface area (TPSA) is 105 Å². The largest absolute Gasteiger partial charge is 0.435 e. The number of rotatable bonds is 11. The Balaban J connectivity index is 1.52. The smallest absolute Gasteiger partial charge is 0.343 e. The second-order valence-corrected chi connectivity index (χ2v) is 8.29. The molecule has 8 heteroatoms. The molecule has 0 bridgehead atoms. The second kappa shape index (κ2) is 12.9. The van der Waals surface area contributed by atoms with Crippen molar-refractivity contribution >= 4 is 23.7 Å². The van der Waals surface area contributed by atoms with Crippen molar-refractivity contribution in [1.82, 2.24) is 0 Å². The predicted molar refractivity (Wildman–Crippen MR) is 140 cm³/mol. The van der Waals surface area contributed by atoms with Crippen LogP contribution in [0, 0.1) is 0 Å². The normalized spacial score (nSPS) is 10.3. The minimum absolute atomic E-state index is 0.224. The van der Waals surface area contributed by atoms with Gasteiger partial charge in [0.25, 0.3) is 0 Å². The molecule has 0 aliphatic heterocycles. The fourth-order valence-electron chi connectivity index (χ4n) is 2.97. The zero-order valence-electron chi connectivity index (χ0n) is 21.0. The van der Waals surface area contributed by atoms with Gasteiger partial charge in [-0.1, -0.05) is 37.4 Å². The summed E-state index contributed by atoms with van der Waals surface area (Å²) in [7, 11) is 0. The average Bonchev–Trinajstić information content (AvgIpc) is 2.91. The number of carbonyl (C=O) groups is 4. The first-order valence-corrected chi connectivity index (χ1v) is 11.5. The number of esters is 3. The van der Waals surface area contributed by atoms with Crippen LogP contribution in [0.25, 0.3) is 11.1 Å². The van der Waals surface area contributed by atoms with Crippen LogP contribution in [0.4, 0.5) is 0 Å². The molecule has 0 N–H and O–H groups in total. The Morgan fingerprint density at radius 1 is 0.632 bits per heavy atom. The lowest BCUT2D eigenvalue weighted by Crippen LogP contribution is -2.14. The van der Waals surface area contributed by atoms with Gasteiger partial charge in [0.05, 0.1) is 11.1 Å². The Labute approximate surface area is 220 Å². The lowest BCUT2D eigenvalue weighted by molar-refractivity contribution is -0.130. The highest BCUT2D eigenvalue weighted by atomic mass is 16.7. The van der Waals surface area contributed by atoms with Gasteiger partial charge in [0.1, 0.15) is 18.1 Å². The molecule has 0 aromatic heterocycles. The highest BCUT2D eigenvalue weighted by Gasteiger charge is 2.12. The van der Waals surface area contributed by atoms with Crippen LogP contribution in [-0.2, 0) is 19.1 Å². The van der Waals surface area contributed by atoms with Gasteiger partial charge in [-0.05, 0) is 79.1 Å². The first-order chi connectivity index (χ1) is 18.1. The summed E-state index contributed by atoms with van der Waals surface area (Å²) < 4.78 is 20.5. The molecule has 8 nitrogen and oxygen atoms in total. The Bertz CT molecular complexity index is 1350. The number of ether oxygens (including phenoxy) is 4. The number of Topliss-reactive ketones (excluding diaryl/α,β-unsaturated/α-hetero) is 1. The van der Waals surface area contributed by atoms with E-state index in [4.69, 9.17) is 18.9 Å². The maximum Gasteiger partial charge on any atom is 0.343 e. The highest BCUT2D eigenvalue weighted by Crippen LogP contribution is 2.24. The van der Waals surface area contributed by atoms with E-state index in [1.165, 1.54) is 24.3 Å². The third-order valence-corrected chi connectivity index (χ3v) is 5.15. The SMILES string of the molecule is C=C(C)C(=O)COCOC(=O)c1ccc(OC(=O)c2ccc(-c3ccc(OC(=O)C(=C)C)cc3)cc2)cc1. The summed E-state index contributed by atoms with van der Waals surface area (Å²) in [6.45, 7) is 9.59. The standard InChI is InChI=1S/C30H26O8/c1-19(2)27(31)17-35-18-36-29(33)23-11-15-26(16-12-23)38-30(34)24-7-5-21(6-8-24)22-9-13-25(14-10-22)37-28(32)20(3)4/h5-16H,1,3,17-18H2,2,4H3. The first kappa shape index (κ1) is 27.8. The van der Waals surface area contributed by atoms with Gasteiger partial charge < -0.3 is 18.9 Å².